The molecule has 1 aromatic heterocycles. The summed E-state index contributed by atoms with van der Waals surface area (Å²) in [5.41, 5.74) is 2.24. The molecule has 0 saturated heterocycles. The van der Waals surface area contributed by atoms with E-state index in [2.05, 4.69) is 20.6 Å². The monoisotopic (exact) mass is 332 g/mol. The lowest BCUT2D eigenvalue weighted by Gasteiger charge is -2.08. The van der Waals surface area contributed by atoms with Gasteiger partial charge in [0.2, 0.25) is 0 Å². The minimum absolute atomic E-state index is 0.0192. The number of aromatic nitrogens is 2. The summed E-state index contributed by atoms with van der Waals surface area (Å²) < 4.78 is 0. The second-order valence-corrected chi connectivity index (χ2v) is 5.37. The van der Waals surface area contributed by atoms with E-state index >= 15 is 0 Å². The van der Waals surface area contributed by atoms with E-state index in [1.54, 1.807) is 36.4 Å². The molecule has 2 aromatic carbocycles. The number of carbonyl (C=O) groups excluding carboxylic acids is 2. The van der Waals surface area contributed by atoms with Crippen LogP contribution in [-0.4, -0.2) is 21.7 Å². The Balaban J connectivity index is 1.76. The summed E-state index contributed by atoms with van der Waals surface area (Å²) in [4.78, 5) is 31.9. The van der Waals surface area contributed by atoms with Gasteiger partial charge in [-0.25, -0.2) is 9.97 Å². The molecule has 0 aliphatic heterocycles. The van der Waals surface area contributed by atoms with Gasteiger partial charge in [-0.1, -0.05) is 30.3 Å². The van der Waals surface area contributed by atoms with Gasteiger partial charge in [-0.2, -0.15) is 0 Å². The molecule has 0 aliphatic rings. The van der Waals surface area contributed by atoms with Gasteiger partial charge in [-0.05, 0) is 31.2 Å². The maximum Gasteiger partial charge on any atom is 0.274 e. The minimum Gasteiger partial charge on any atom is -0.340 e. The number of hydrogen-bond acceptors (Lipinski definition) is 5. The van der Waals surface area contributed by atoms with Crippen LogP contribution in [0.5, 0.6) is 0 Å². The van der Waals surface area contributed by atoms with Crippen molar-refractivity contribution < 1.29 is 9.59 Å². The molecule has 124 valence electrons. The number of benzene rings is 2. The Labute approximate surface area is 145 Å². The van der Waals surface area contributed by atoms with Gasteiger partial charge in [0.15, 0.2) is 5.78 Å². The largest absolute Gasteiger partial charge is 0.340 e. The zero-order valence-electron chi connectivity index (χ0n) is 13.6. The Kier molecular flexibility index (Phi) is 4.80. The standard InChI is InChI=1S/C19H16N4O2/c1-13(24)14-6-5-9-16(10-14)22-18-11-17(20-12-21-18)19(25)23-15-7-3-2-4-8-15/h2-12H,1H3,(H,23,25)(H,20,21,22). The molecule has 0 radical (unpaired) electrons. The van der Waals surface area contributed by atoms with Crippen LogP contribution in [0.15, 0.2) is 67.0 Å². The fourth-order valence-corrected chi connectivity index (χ4v) is 2.23. The fraction of sp³-hybridized carbons (Fsp3) is 0.0526. The Morgan fingerprint density at radius 1 is 0.880 bits per heavy atom. The predicted molar refractivity (Wildman–Crippen MR) is 96.2 cm³/mol. The third kappa shape index (κ3) is 4.26. The minimum atomic E-state index is -0.325. The number of rotatable bonds is 5. The lowest BCUT2D eigenvalue weighted by atomic mass is 10.1. The average molecular weight is 332 g/mol. The first-order chi connectivity index (χ1) is 12.1. The molecule has 0 aliphatic carbocycles. The number of anilines is 3. The SMILES string of the molecule is CC(=O)c1cccc(Nc2cc(C(=O)Nc3ccccc3)ncn2)c1. The maximum atomic E-state index is 12.3. The summed E-state index contributed by atoms with van der Waals surface area (Å²) >= 11 is 0. The lowest BCUT2D eigenvalue weighted by molar-refractivity contribution is 0.101. The van der Waals surface area contributed by atoms with Gasteiger partial charge in [0, 0.05) is 23.0 Å². The van der Waals surface area contributed by atoms with Crippen molar-refractivity contribution in [2.45, 2.75) is 6.92 Å². The van der Waals surface area contributed by atoms with Gasteiger partial charge in [-0.3, -0.25) is 9.59 Å². The Morgan fingerprint density at radius 2 is 1.64 bits per heavy atom. The molecule has 0 saturated carbocycles. The van der Waals surface area contributed by atoms with Crippen LogP contribution in [0.3, 0.4) is 0 Å². The van der Waals surface area contributed by atoms with E-state index in [0.29, 0.717) is 22.8 Å². The first kappa shape index (κ1) is 16.3. The zero-order valence-corrected chi connectivity index (χ0v) is 13.6. The Morgan fingerprint density at radius 3 is 2.40 bits per heavy atom. The number of carbonyl (C=O) groups is 2. The average Bonchev–Trinajstić information content (AvgIpc) is 2.63. The van der Waals surface area contributed by atoms with Gasteiger partial charge in [0.1, 0.15) is 17.8 Å². The van der Waals surface area contributed by atoms with E-state index in [-0.39, 0.29) is 17.4 Å². The van der Waals surface area contributed by atoms with E-state index < -0.39 is 0 Å². The number of ketones is 1. The first-order valence-electron chi connectivity index (χ1n) is 7.68. The van der Waals surface area contributed by atoms with Crippen molar-refractivity contribution in [2.24, 2.45) is 0 Å². The molecular weight excluding hydrogens is 316 g/mol. The topological polar surface area (TPSA) is 84.0 Å². The molecule has 6 heteroatoms. The molecule has 3 rings (SSSR count). The number of amides is 1. The molecule has 2 N–H and O–H groups in total. The molecule has 1 amide bonds. The molecule has 0 unspecified atom stereocenters. The fourth-order valence-electron chi connectivity index (χ4n) is 2.23. The van der Waals surface area contributed by atoms with Crippen molar-refractivity contribution in [1.29, 1.82) is 0 Å². The highest BCUT2D eigenvalue weighted by Gasteiger charge is 2.09. The molecule has 0 atom stereocenters. The molecule has 0 fully saturated rings. The number of hydrogen-bond donors (Lipinski definition) is 2. The van der Waals surface area contributed by atoms with Crippen LogP contribution in [0.25, 0.3) is 0 Å². The maximum absolute atomic E-state index is 12.3. The van der Waals surface area contributed by atoms with Crippen LogP contribution >= 0.6 is 0 Å². The summed E-state index contributed by atoms with van der Waals surface area (Å²) in [6.07, 6.45) is 1.32. The van der Waals surface area contributed by atoms with Crippen LogP contribution in [-0.2, 0) is 0 Å². The predicted octanol–water partition coefficient (Wildman–Crippen LogP) is 3.68. The van der Waals surface area contributed by atoms with Gasteiger partial charge < -0.3 is 10.6 Å². The normalized spacial score (nSPS) is 10.1. The number of nitrogens with zero attached hydrogens (tertiary/aromatic N) is 2. The van der Waals surface area contributed by atoms with Crippen LogP contribution in [0.2, 0.25) is 0 Å². The van der Waals surface area contributed by atoms with Crippen LogP contribution in [0, 0.1) is 0 Å². The van der Waals surface area contributed by atoms with E-state index in [1.165, 1.54) is 13.3 Å². The van der Waals surface area contributed by atoms with Gasteiger partial charge in [0.05, 0.1) is 0 Å². The second-order valence-electron chi connectivity index (χ2n) is 5.37. The van der Waals surface area contributed by atoms with E-state index in [9.17, 15) is 9.59 Å². The van der Waals surface area contributed by atoms with Crippen molar-refractivity contribution >= 4 is 28.9 Å². The zero-order chi connectivity index (χ0) is 17.6. The summed E-state index contributed by atoms with van der Waals surface area (Å²) in [7, 11) is 0. The van der Waals surface area contributed by atoms with Crippen molar-refractivity contribution in [3.8, 4) is 0 Å². The van der Waals surface area contributed by atoms with Gasteiger partial charge in [-0.15, -0.1) is 0 Å². The number of Topliss-reactive ketones (excluding diaryl/α,β-unsaturated/α-hetero) is 1. The molecule has 1 heterocycles. The van der Waals surface area contributed by atoms with Crippen molar-refractivity contribution in [3.05, 3.63) is 78.2 Å². The van der Waals surface area contributed by atoms with Crippen LogP contribution < -0.4 is 10.6 Å². The molecule has 25 heavy (non-hydrogen) atoms. The van der Waals surface area contributed by atoms with Gasteiger partial charge >= 0.3 is 0 Å². The summed E-state index contributed by atoms with van der Waals surface area (Å²) in [6.45, 7) is 1.51. The molecular formula is C19H16N4O2. The summed E-state index contributed by atoms with van der Waals surface area (Å²) in [5, 5.41) is 5.85. The Hall–Kier alpha value is -3.54. The highest BCUT2D eigenvalue weighted by molar-refractivity contribution is 6.03. The summed E-state index contributed by atoms with van der Waals surface area (Å²) in [5.74, 6) is 0.123. The van der Waals surface area contributed by atoms with Gasteiger partial charge in [0.25, 0.3) is 5.91 Å². The molecule has 0 bridgehead atoms. The molecule has 3 aromatic rings. The van der Waals surface area contributed by atoms with Crippen molar-refractivity contribution in [1.82, 2.24) is 9.97 Å². The summed E-state index contributed by atoms with van der Waals surface area (Å²) in [6, 6.07) is 17.8. The van der Waals surface area contributed by atoms with Crippen molar-refractivity contribution in [2.75, 3.05) is 10.6 Å². The van der Waals surface area contributed by atoms with Crippen LogP contribution in [0.1, 0.15) is 27.8 Å². The number of para-hydroxylation sites is 1. The number of nitrogens with one attached hydrogen (secondary N) is 2. The smallest absolute Gasteiger partial charge is 0.274 e. The highest BCUT2D eigenvalue weighted by atomic mass is 16.2. The quantitative estimate of drug-likeness (QED) is 0.696. The van der Waals surface area contributed by atoms with E-state index in [1.807, 2.05) is 24.3 Å². The molecule has 6 nitrogen and oxygen atoms in total. The third-order valence-electron chi connectivity index (χ3n) is 3.47. The highest BCUT2D eigenvalue weighted by Crippen LogP contribution is 2.17. The first-order valence-corrected chi connectivity index (χ1v) is 7.68. The Bertz CT molecular complexity index is 910. The third-order valence-corrected chi connectivity index (χ3v) is 3.47. The van der Waals surface area contributed by atoms with E-state index in [4.69, 9.17) is 0 Å². The van der Waals surface area contributed by atoms with E-state index in [0.717, 1.165) is 0 Å². The van der Waals surface area contributed by atoms with Crippen molar-refractivity contribution in [3.63, 3.8) is 0 Å². The van der Waals surface area contributed by atoms with Crippen LogP contribution in [0.4, 0.5) is 17.2 Å². The molecule has 0 spiro atoms. The lowest BCUT2D eigenvalue weighted by Crippen LogP contribution is -2.14. The second kappa shape index (κ2) is 7.35.